The molecule has 0 unspecified atom stereocenters. The Hall–Kier alpha value is -2.09. The Morgan fingerprint density at radius 3 is 2.83 bits per heavy atom. The number of hydrogen-bond acceptors (Lipinski definition) is 5. The summed E-state index contributed by atoms with van der Waals surface area (Å²) in [7, 11) is 0. The summed E-state index contributed by atoms with van der Waals surface area (Å²) in [4.78, 5) is 25.9. The average Bonchev–Trinajstić information content (AvgIpc) is 2.82. The zero-order valence-electron chi connectivity index (χ0n) is 9.25. The molecule has 7 nitrogen and oxygen atoms in total. The van der Waals surface area contributed by atoms with Gasteiger partial charge in [-0.3, -0.25) is 20.4 Å². The fourth-order valence-electron chi connectivity index (χ4n) is 1.40. The van der Waals surface area contributed by atoms with Crippen molar-refractivity contribution in [1.82, 2.24) is 5.32 Å². The predicted molar refractivity (Wildman–Crippen MR) is 70.0 cm³/mol. The first-order valence-electron chi connectivity index (χ1n) is 5.15. The normalized spacial score (nSPS) is 13.9. The lowest BCUT2D eigenvalue weighted by Crippen LogP contribution is -2.32. The zero-order chi connectivity index (χ0) is 13.0. The third kappa shape index (κ3) is 2.98. The number of carbonyl (C=O) groups excluding carboxylic acids is 1. The Labute approximate surface area is 107 Å². The van der Waals surface area contributed by atoms with Crippen molar-refractivity contribution < 1.29 is 9.72 Å². The fraction of sp³-hybridized carbons (Fsp3) is 0.200. The number of aliphatic imine (C=N–C) groups is 1. The molecule has 0 fully saturated rings. The number of nitrogens with zero attached hydrogens (tertiary/aromatic N) is 2. The van der Waals surface area contributed by atoms with Gasteiger partial charge in [-0.1, -0.05) is 23.9 Å². The number of hydrogen-bond donors (Lipinski definition) is 2. The molecule has 94 valence electrons. The largest absolute Gasteiger partial charge is 0.325 e. The van der Waals surface area contributed by atoms with E-state index in [9.17, 15) is 14.9 Å². The van der Waals surface area contributed by atoms with Gasteiger partial charge in [-0.25, -0.2) is 4.79 Å². The van der Waals surface area contributed by atoms with Gasteiger partial charge in [0.25, 0.3) is 5.69 Å². The lowest BCUT2D eigenvalue weighted by Gasteiger charge is -2.06. The molecule has 0 radical (unpaired) electrons. The number of thioether (sulfide) groups is 1. The van der Waals surface area contributed by atoms with Crippen molar-refractivity contribution in [3.05, 3.63) is 34.4 Å². The zero-order valence-corrected chi connectivity index (χ0v) is 10.1. The summed E-state index contributed by atoms with van der Waals surface area (Å²) >= 11 is 1.44. The number of para-hydroxylation sites is 2. The van der Waals surface area contributed by atoms with Crippen LogP contribution >= 0.6 is 11.8 Å². The molecule has 0 saturated carbocycles. The molecule has 1 aliphatic heterocycles. The molecule has 18 heavy (non-hydrogen) atoms. The van der Waals surface area contributed by atoms with Gasteiger partial charge in [0.1, 0.15) is 5.69 Å². The molecule has 2 amide bonds. The van der Waals surface area contributed by atoms with E-state index in [1.807, 2.05) is 0 Å². The molecular formula is C10H10N4O3S. The number of nitro groups is 1. The number of nitro benzene ring substituents is 1. The molecule has 2 N–H and O–H groups in total. The third-order valence-electron chi connectivity index (χ3n) is 2.15. The van der Waals surface area contributed by atoms with E-state index in [4.69, 9.17) is 0 Å². The van der Waals surface area contributed by atoms with Crippen molar-refractivity contribution in [2.75, 3.05) is 17.6 Å². The quantitative estimate of drug-likeness (QED) is 0.630. The number of amides is 2. The first-order valence-corrected chi connectivity index (χ1v) is 6.14. The highest BCUT2D eigenvalue weighted by Crippen LogP contribution is 2.23. The molecule has 0 aromatic heterocycles. The first-order chi connectivity index (χ1) is 8.66. The Bertz CT molecular complexity index is 518. The maximum absolute atomic E-state index is 11.6. The summed E-state index contributed by atoms with van der Waals surface area (Å²) in [5, 5.41) is 16.3. The lowest BCUT2D eigenvalue weighted by molar-refractivity contribution is -0.383. The van der Waals surface area contributed by atoms with E-state index < -0.39 is 11.0 Å². The minimum atomic E-state index is -0.544. The second-order valence-corrected chi connectivity index (χ2v) is 4.47. The fourth-order valence-corrected chi connectivity index (χ4v) is 2.12. The molecule has 0 saturated heterocycles. The van der Waals surface area contributed by atoms with Crippen LogP contribution in [0.4, 0.5) is 16.2 Å². The van der Waals surface area contributed by atoms with Gasteiger partial charge in [0, 0.05) is 11.8 Å². The van der Waals surface area contributed by atoms with E-state index >= 15 is 0 Å². The molecule has 0 aliphatic carbocycles. The van der Waals surface area contributed by atoms with Gasteiger partial charge in [0.15, 0.2) is 5.17 Å². The van der Waals surface area contributed by atoms with Crippen LogP contribution in [0.25, 0.3) is 0 Å². The van der Waals surface area contributed by atoms with E-state index in [0.29, 0.717) is 11.7 Å². The lowest BCUT2D eigenvalue weighted by atomic mass is 10.3. The molecular weight excluding hydrogens is 256 g/mol. The van der Waals surface area contributed by atoms with Crippen molar-refractivity contribution >= 4 is 34.3 Å². The van der Waals surface area contributed by atoms with Gasteiger partial charge in [-0.15, -0.1) is 0 Å². The minimum Gasteiger partial charge on any atom is -0.302 e. The molecule has 1 aromatic rings. The topological polar surface area (TPSA) is 96.6 Å². The van der Waals surface area contributed by atoms with Crippen LogP contribution in [0.1, 0.15) is 0 Å². The van der Waals surface area contributed by atoms with Crippen LogP contribution in [0.3, 0.4) is 0 Å². The summed E-state index contributed by atoms with van der Waals surface area (Å²) in [5.41, 5.74) is 0.0114. The van der Waals surface area contributed by atoms with Crippen molar-refractivity contribution in [2.45, 2.75) is 0 Å². The Morgan fingerprint density at radius 2 is 2.17 bits per heavy atom. The molecule has 1 aromatic carbocycles. The SMILES string of the molecule is O=C(NC1=NCCS1)Nc1ccccc1[N+](=O)[O-]. The summed E-state index contributed by atoms with van der Waals surface area (Å²) in [6, 6.07) is 5.43. The van der Waals surface area contributed by atoms with Crippen LogP contribution in [0.2, 0.25) is 0 Å². The van der Waals surface area contributed by atoms with Gasteiger partial charge in [0.05, 0.1) is 11.5 Å². The number of rotatable bonds is 2. The highest BCUT2D eigenvalue weighted by molar-refractivity contribution is 8.14. The minimum absolute atomic E-state index is 0.145. The van der Waals surface area contributed by atoms with Gasteiger partial charge in [0.2, 0.25) is 0 Å². The summed E-state index contributed by atoms with van der Waals surface area (Å²) in [6.45, 7) is 0.672. The van der Waals surface area contributed by atoms with E-state index in [1.165, 1.54) is 30.0 Å². The van der Waals surface area contributed by atoms with Gasteiger partial charge < -0.3 is 5.32 Å². The second-order valence-electron chi connectivity index (χ2n) is 3.39. The van der Waals surface area contributed by atoms with Crippen LogP contribution in [0.15, 0.2) is 29.3 Å². The number of carbonyl (C=O) groups is 1. The van der Waals surface area contributed by atoms with Gasteiger partial charge in [-0.05, 0) is 6.07 Å². The number of anilines is 1. The number of urea groups is 1. The summed E-state index contributed by atoms with van der Waals surface area (Å²) in [5.74, 6) is 0.834. The Balaban J connectivity index is 2.04. The third-order valence-corrected chi connectivity index (χ3v) is 3.05. The van der Waals surface area contributed by atoms with Crippen LogP contribution in [-0.2, 0) is 0 Å². The summed E-state index contributed by atoms with van der Waals surface area (Å²) in [6.07, 6.45) is 0. The van der Waals surface area contributed by atoms with Crippen LogP contribution < -0.4 is 10.6 Å². The molecule has 0 atom stereocenters. The van der Waals surface area contributed by atoms with E-state index in [0.717, 1.165) is 5.75 Å². The van der Waals surface area contributed by atoms with E-state index in [-0.39, 0.29) is 11.4 Å². The monoisotopic (exact) mass is 266 g/mol. The molecule has 0 spiro atoms. The van der Waals surface area contributed by atoms with Crippen molar-refractivity contribution in [3.63, 3.8) is 0 Å². The average molecular weight is 266 g/mol. The Kier molecular flexibility index (Phi) is 3.78. The summed E-state index contributed by atoms with van der Waals surface area (Å²) < 4.78 is 0. The maximum atomic E-state index is 11.6. The smallest absolute Gasteiger partial charge is 0.302 e. The van der Waals surface area contributed by atoms with Crippen molar-refractivity contribution in [1.29, 1.82) is 0 Å². The van der Waals surface area contributed by atoms with Crippen LogP contribution in [0, 0.1) is 10.1 Å². The molecule has 1 heterocycles. The molecule has 2 rings (SSSR count). The number of amidine groups is 1. The molecule has 1 aliphatic rings. The van der Waals surface area contributed by atoms with E-state index in [1.54, 1.807) is 6.07 Å². The molecule has 8 heteroatoms. The first kappa shape index (κ1) is 12.4. The van der Waals surface area contributed by atoms with E-state index in [2.05, 4.69) is 15.6 Å². The highest BCUT2D eigenvalue weighted by Gasteiger charge is 2.16. The predicted octanol–water partition coefficient (Wildman–Crippen LogP) is 1.82. The highest BCUT2D eigenvalue weighted by atomic mass is 32.2. The number of benzene rings is 1. The van der Waals surface area contributed by atoms with Crippen molar-refractivity contribution in [2.24, 2.45) is 4.99 Å². The van der Waals surface area contributed by atoms with Gasteiger partial charge >= 0.3 is 6.03 Å². The number of nitrogens with one attached hydrogen (secondary N) is 2. The standard InChI is InChI=1S/C10H10N4O3S/c15-9(13-10-11-5-6-18-10)12-7-3-1-2-4-8(7)14(16)17/h1-4H,5-6H2,(H2,11,12,13,15). The maximum Gasteiger partial charge on any atom is 0.325 e. The van der Waals surface area contributed by atoms with Crippen LogP contribution in [0.5, 0.6) is 0 Å². The second kappa shape index (κ2) is 5.50. The Morgan fingerprint density at radius 1 is 1.39 bits per heavy atom. The van der Waals surface area contributed by atoms with Crippen LogP contribution in [-0.4, -0.2) is 28.4 Å². The molecule has 0 bridgehead atoms. The van der Waals surface area contributed by atoms with Gasteiger partial charge in [-0.2, -0.15) is 0 Å². The van der Waals surface area contributed by atoms with Crippen molar-refractivity contribution in [3.8, 4) is 0 Å².